The molecular weight excluding hydrogens is 150 g/mol. The maximum atomic E-state index is 10.7. The number of nitrogens with zero attached hydrogens (tertiary/aromatic N) is 3. The summed E-state index contributed by atoms with van der Waals surface area (Å²) in [6.45, 7) is 3.52. The summed E-state index contributed by atoms with van der Waals surface area (Å²) in [6.07, 6.45) is 0. The van der Waals surface area contributed by atoms with E-state index in [1.54, 1.807) is 13.8 Å². The second kappa shape index (κ2) is 4.73. The first-order chi connectivity index (χ1) is 5.13. The van der Waals surface area contributed by atoms with E-state index in [1.165, 1.54) is 5.01 Å². The molecular formula is C5H13N3O3. The van der Waals surface area contributed by atoms with Gasteiger partial charge >= 0.3 is 0 Å². The fourth-order valence-electron chi connectivity index (χ4n) is 0.695. The molecule has 0 aliphatic carbocycles. The highest BCUT2D eigenvalue weighted by Crippen LogP contribution is 1.97. The minimum atomic E-state index is -0.146. The van der Waals surface area contributed by atoms with Gasteiger partial charge in [-0.3, -0.25) is 0 Å². The topological polar surface area (TPSA) is 82.1 Å². The first kappa shape index (κ1) is 9.96. The van der Waals surface area contributed by atoms with Gasteiger partial charge < -0.3 is 15.5 Å². The van der Waals surface area contributed by atoms with Crippen molar-refractivity contribution in [1.29, 1.82) is 0 Å². The van der Waals surface area contributed by atoms with Crippen molar-refractivity contribution in [2.75, 3.05) is 13.2 Å². The van der Waals surface area contributed by atoms with Crippen LogP contribution >= 0.6 is 0 Å². The molecule has 0 bridgehead atoms. The zero-order chi connectivity index (χ0) is 8.85. The Morgan fingerprint density at radius 3 is 2.45 bits per heavy atom. The molecule has 0 aliphatic rings. The molecule has 0 amide bonds. The van der Waals surface area contributed by atoms with Gasteiger partial charge in [0.1, 0.15) is 6.54 Å². The van der Waals surface area contributed by atoms with E-state index in [2.05, 4.69) is 5.28 Å². The summed E-state index contributed by atoms with van der Waals surface area (Å²) in [5, 5.41) is 30.9. The van der Waals surface area contributed by atoms with Crippen molar-refractivity contribution in [2.45, 2.75) is 19.9 Å². The standard InChI is InChI=1S/C5H13N3O3/c1-5(2)7(3-4-9)8(11)6-10/h5,9-10H,3-4H2,1-2H3. The average Bonchev–Trinajstić information content (AvgIpc) is 1.98. The summed E-state index contributed by atoms with van der Waals surface area (Å²) in [6, 6.07) is -0.101. The lowest BCUT2D eigenvalue weighted by molar-refractivity contribution is -0.716. The minimum Gasteiger partial charge on any atom is -0.569 e. The van der Waals surface area contributed by atoms with Gasteiger partial charge in [0.25, 0.3) is 0 Å². The lowest BCUT2D eigenvalue weighted by Gasteiger charge is -2.19. The van der Waals surface area contributed by atoms with Gasteiger partial charge in [0.15, 0.2) is 0 Å². The largest absolute Gasteiger partial charge is 0.569 e. The Kier molecular flexibility index (Phi) is 4.28. The molecule has 0 atom stereocenters. The van der Waals surface area contributed by atoms with Crippen LogP contribution in [0.3, 0.4) is 0 Å². The van der Waals surface area contributed by atoms with E-state index in [0.717, 1.165) is 0 Å². The SMILES string of the molecule is CC(C)N(CCO)[N+]([O-])=NO. The Morgan fingerprint density at radius 2 is 2.18 bits per heavy atom. The normalized spacial score (nSPS) is 12.2. The Bertz CT molecular complexity index is 137. The quantitative estimate of drug-likeness (QED) is 0.346. The number of hydrogen-bond acceptors (Lipinski definition) is 3. The molecule has 0 aliphatic heterocycles. The van der Waals surface area contributed by atoms with E-state index in [-0.39, 0.29) is 24.2 Å². The minimum absolute atomic E-state index is 0.0564. The average molecular weight is 163 g/mol. The molecule has 11 heavy (non-hydrogen) atoms. The van der Waals surface area contributed by atoms with Crippen LogP contribution in [0.5, 0.6) is 0 Å². The Morgan fingerprint density at radius 1 is 1.64 bits per heavy atom. The molecule has 6 heteroatoms. The van der Waals surface area contributed by atoms with Crippen LogP contribution in [0.25, 0.3) is 0 Å². The third-order valence-corrected chi connectivity index (χ3v) is 1.22. The zero-order valence-electron chi connectivity index (χ0n) is 6.64. The third-order valence-electron chi connectivity index (χ3n) is 1.22. The fraction of sp³-hybridized carbons (Fsp3) is 1.00. The molecule has 0 aromatic carbocycles. The molecule has 0 aromatic heterocycles. The van der Waals surface area contributed by atoms with Gasteiger partial charge in [-0.1, -0.05) is 0 Å². The van der Waals surface area contributed by atoms with Crippen LogP contribution in [-0.2, 0) is 0 Å². The Hall–Kier alpha value is -1.04. The highest BCUT2D eigenvalue weighted by molar-refractivity contribution is 4.49. The van der Waals surface area contributed by atoms with Crippen LogP contribution in [0.1, 0.15) is 13.8 Å². The molecule has 0 unspecified atom stereocenters. The molecule has 0 aromatic rings. The molecule has 0 radical (unpaired) electrons. The van der Waals surface area contributed by atoms with Crippen LogP contribution in [0.4, 0.5) is 0 Å². The van der Waals surface area contributed by atoms with Gasteiger partial charge in [-0.2, -0.15) is 0 Å². The van der Waals surface area contributed by atoms with Gasteiger partial charge in [0.2, 0.25) is 5.28 Å². The van der Waals surface area contributed by atoms with Crippen molar-refractivity contribution in [2.24, 2.45) is 5.28 Å². The number of rotatable bonds is 4. The van der Waals surface area contributed by atoms with Gasteiger partial charge in [0.05, 0.1) is 17.6 Å². The van der Waals surface area contributed by atoms with Crippen LogP contribution < -0.4 is 0 Å². The van der Waals surface area contributed by atoms with Crippen molar-refractivity contribution < 1.29 is 15.3 Å². The highest BCUT2D eigenvalue weighted by atomic mass is 16.6. The Labute approximate surface area is 64.9 Å². The van der Waals surface area contributed by atoms with Crippen molar-refractivity contribution in [3.05, 3.63) is 5.21 Å². The van der Waals surface area contributed by atoms with Gasteiger partial charge in [-0.15, -0.1) is 5.01 Å². The lowest BCUT2D eigenvalue weighted by atomic mass is 10.4. The van der Waals surface area contributed by atoms with Gasteiger partial charge in [-0.05, 0) is 13.8 Å². The molecule has 0 saturated carbocycles. The molecule has 66 valence electrons. The summed E-state index contributed by atoms with van der Waals surface area (Å²) >= 11 is 0. The number of aliphatic hydroxyl groups excluding tert-OH is 1. The summed E-state index contributed by atoms with van der Waals surface area (Å²) in [5.74, 6) is 0. The molecule has 0 spiro atoms. The van der Waals surface area contributed by atoms with E-state index in [1.807, 2.05) is 0 Å². The summed E-state index contributed by atoms with van der Waals surface area (Å²) < 4.78 is 0. The Balaban J connectivity index is 4.10. The van der Waals surface area contributed by atoms with Crippen molar-refractivity contribution >= 4 is 0 Å². The molecule has 0 fully saturated rings. The predicted octanol–water partition coefficient (Wildman–Crippen LogP) is -0.0442. The van der Waals surface area contributed by atoms with Crippen LogP contribution in [0.15, 0.2) is 5.28 Å². The summed E-state index contributed by atoms with van der Waals surface area (Å²) in [5.41, 5.74) is 0. The molecule has 0 rings (SSSR count). The van der Waals surface area contributed by atoms with Crippen LogP contribution in [0, 0.1) is 5.21 Å². The molecule has 0 heterocycles. The van der Waals surface area contributed by atoms with Gasteiger partial charge in [0, 0.05) is 0 Å². The maximum absolute atomic E-state index is 10.7. The summed E-state index contributed by atoms with van der Waals surface area (Å²) in [7, 11) is 0. The van der Waals surface area contributed by atoms with Crippen molar-refractivity contribution in [3.63, 3.8) is 0 Å². The van der Waals surface area contributed by atoms with Crippen LogP contribution in [-0.4, -0.2) is 39.5 Å². The third kappa shape index (κ3) is 3.03. The molecule has 0 saturated heterocycles. The first-order valence-corrected chi connectivity index (χ1v) is 3.33. The monoisotopic (exact) mass is 163 g/mol. The predicted molar refractivity (Wildman–Crippen MR) is 36.8 cm³/mol. The zero-order valence-corrected chi connectivity index (χ0v) is 6.64. The van der Waals surface area contributed by atoms with E-state index >= 15 is 0 Å². The number of hydrazine groups is 1. The number of aliphatic hydroxyl groups is 1. The second-order valence-corrected chi connectivity index (χ2v) is 2.32. The maximum Gasteiger partial charge on any atom is 0.230 e. The van der Waals surface area contributed by atoms with E-state index < -0.39 is 0 Å². The smallest absolute Gasteiger partial charge is 0.230 e. The first-order valence-electron chi connectivity index (χ1n) is 3.33. The van der Waals surface area contributed by atoms with Crippen LogP contribution in [0.2, 0.25) is 0 Å². The van der Waals surface area contributed by atoms with Crippen molar-refractivity contribution in [3.8, 4) is 0 Å². The molecule has 6 nitrogen and oxygen atoms in total. The summed E-state index contributed by atoms with van der Waals surface area (Å²) in [4.78, 5) is 0.0564. The number of hydrogen-bond donors (Lipinski definition) is 2. The lowest BCUT2D eigenvalue weighted by Crippen LogP contribution is -2.38. The van der Waals surface area contributed by atoms with E-state index in [4.69, 9.17) is 10.3 Å². The van der Waals surface area contributed by atoms with Gasteiger partial charge in [-0.25, -0.2) is 0 Å². The van der Waals surface area contributed by atoms with E-state index in [0.29, 0.717) is 0 Å². The molecule has 2 N–H and O–H groups in total. The highest BCUT2D eigenvalue weighted by Gasteiger charge is 2.15. The van der Waals surface area contributed by atoms with Crippen molar-refractivity contribution in [1.82, 2.24) is 5.01 Å². The second-order valence-electron chi connectivity index (χ2n) is 2.32. The fourth-order valence-corrected chi connectivity index (χ4v) is 0.695. The van der Waals surface area contributed by atoms with E-state index in [9.17, 15) is 5.21 Å².